The molecule has 1 heterocycles. The van der Waals surface area contributed by atoms with Crippen LogP contribution in [0.4, 0.5) is 0 Å². The van der Waals surface area contributed by atoms with Gasteiger partial charge in [-0.05, 0) is 28.8 Å². The van der Waals surface area contributed by atoms with Crippen LogP contribution in [0.2, 0.25) is 0 Å². The average molecular weight is 231 g/mol. The quantitative estimate of drug-likeness (QED) is 0.789. The lowest BCUT2D eigenvalue weighted by Gasteiger charge is -2.17. The Morgan fingerprint density at radius 1 is 1.64 bits per heavy atom. The summed E-state index contributed by atoms with van der Waals surface area (Å²) >= 11 is 3.55. The van der Waals surface area contributed by atoms with Crippen LogP contribution in [0.1, 0.15) is 24.2 Å². The first kappa shape index (κ1) is 12.0. The number of hydrogen-bond donors (Lipinski definition) is 2. The van der Waals surface area contributed by atoms with E-state index in [9.17, 15) is 0 Å². The van der Waals surface area contributed by atoms with Crippen LogP contribution < -0.4 is 5.73 Å². The van der Waals surface area contributed by atoms with Gasteiger partial charge in [0.25, 0.3) is 0 Å². The Labute approximate surface area is 93.5 Å². The van der Waals surface area contributed by atoms with Gasteiger partial charge in [0.05, 0.1) is 0 Å². The molecule has 0 bridgehead atoms. The summed E-state index contributed by atoms with van der Waals surface area (Å²) in [4.78, 5) is 0. The number of nitrogens with two attached hydrogens (primary N) is 1. The van der Waals surface area contributed by atoms with Crippen molar-refractivity contribution in [3.05, 3.63) is 22.4 Å². The number of thiophene rings is 1. The van der Waals surface area contributed by atoms with Gasteiger partial charge in [-0.2, -0.15) is 11.3 Å². The Bertz CT molecular complexity index is 238. The molecule has 0 aromatic carbocycles. The molecule has 4 heteroatoms. The Balaban J connectivity index is 2.47. The Kier molecular flexibility index (Phi) is 5.55. The second-order valence-electron chi connectivity index (χ2n) is 3.24. The van der Waals surface area contributed by atoms with Crippen molar-refractivity contribution in [3.63, 3.8) is 0 Å². The Morgan fingerprint density at radius 3 is 2.93 bits per heavy atom. The third kappa shape index (κ3) is 3.61. The second-order valence-corrected chi connectivity index (χ2v) is 5.67. The minimum absolute atomic E-state index is 0.259. The van der Waals surface area contributed by atoms with E-state index in [1.165, 1.54) is 5.56 Å². The zero-order valence-electron chi connectivity index (χ0n) is 8.35. The molecule has 80 valence electrons. The van der Waals surface area contributed by atoms with Gasteiger partial charge in [-0.1, -0.05) is 6.92 Å². The molecule has 2 unspecified atom stereocenters. The highest BCUT2D eigenvalue weighted by Crippen LogP contribution is 2.33. The van der Waals surface area contributed by atoms with Crippen LogP contribution >= 0.6 is 23.1 Å². The van der Waals surface area contributed by atoms with Crippen molar-refractivity contribution in [2.75, 3.05) is 13.2 Å². The molecule has 1 aromatic heterocycles. The van der Waals surface area contributed by atoms with E-state index in [2.05, 4.69) is 23.8 Å². The molecule has 0 saturated carbocycles. The van der Waals surface area contributed by atoms with E-state index in [0.29, 0.717) is 17.0 Å². The van der Waals surface area contributed by atoms with Crippen LogP contribution in [0.15, 0.2) is 16.8 Å². The number of rotatable bonds is 6. The third-order valence-corrected chi connectivity index (χ3v) is 4.26. The first-order valence-corrected chi connectivity index (χ1v) is 6.65. The summed E-state index contributed by atoms with van der Waals surface area (Å²) in [7, 11) is 0. The SMILES string of the molecule is CC(CCO)SC(CN)c1ccsc1. The molecule has 0 aliphatic carbocycles. The van der Waals surface area contributed by atoms with Gasteiger partial charge in [0.15, 0.2) is 0 Å². The van der Waals surface area contributed by atoms with Crippen LogP contribution in [0, 0.1) is 0 Å². The summed E-state index contributed by atoms with van der Waals surface area (Å²) in [5.41, 5.74) is 7.04. The smallest absolute Gasteiger partial charge is 0.0441 e. The van der Waals surface area contributed by atoms with Crippen LogP contribution in [-0.2, 0) is 0 Å². The number of thioether (sulfide) groups is 1. The van der Waals surface area contributed by atoms with E-state index >= 15 is 0 Å². The highest BCUT2D eigenvalue weighted by atomic mass is 32.2. The molecule has 0 spiro atoms. The highest BCUT2D eigenvalue weighted by molar-refractivity contribution is 8.00. The normalized spacial score (nSPS) is 15.4. The van der Waals surface area contributed by atoms with Crippen molar-refractivity contribution in [1.82, 2.24) is 0 Å². The predicted molar refractivity (Wildman–Crippen MR) is 64.9 cm³/mol. The Hall–Kier alpha value is -0.0300. The maximum absolute atomic E-state index is 8.81. The summed E-state index contributed by atoms with van der Waals surface area (Å²) in [6.45, 7) is 3.06. The van der Waals surface area contributed by atoms with Crippen LogP contribution in [0.5, 0.6) is 0 Å². The predicted octanol–water partition coefficient (Wildman–Crippen LogP) is 2.25. The molecule has 14 heavy (non-hydrogen) atoms. The van der Waals surface area contributed by atoms with Gasteiger partial charge in [0, 0.05) is 23.7 Å². The van der Waals surface area contributed by atoms with Gasteiger partial charge >= 0.3 is 0 Å². The summed E-state index contributed by atoms with van der Waals surface area (Å²) in [6.07, 6.45) is 0.839. The first-order valence-electron chi connectivity index (χ1n) is 4.76. The topological polar surface area (TPSA) is 46.2 Å². The molecular formula is C10H17NOS2. The summed E-state index contributed by atoms with van der Waals surface area (Å²) in [5.74, 6) is 0. The van der Waals surface area contributed by atoms with Gasteiger partial charge < -0.3 is 10.8 Å². The van der Waals surface area contributed by atoms with Crippen molar-refractivity contribution in [2.24, 2.45) is 5.73 Å². The van der Waals surface area contributed by atoms with Gasteiger partial charge in [-0.3, -0.25) is 0 Å². The zero-order chi connectivity index (χ0) is 10.4. The molecule has 0 aliphatic heterocycles. The highest BCUT2D eigenvalue weighted by Gasteiger charge is 2.14. The zero-order valence-corrected chi connectivity index (χ0v) is 9.98. The van der Waals surface area contributed by atoms with Crippen molar-refractivity contribution >= 4 is 23.1 Å². The fraction of sp³-hybridized carbons (Fsp3) is 0.600. The maximum atomic E-state index is 8.81. The lowest BCUT2D eigenvalue weighted by Crippen LogP contribution is -2.12. The summed E-state index contributed by atoms with van der Waals surface area (Å²) in [5, 5.41) is 13.9. The fourth-order valence-electron chi connectivity index (χ4n) is 1.26. The molecule has 1 aromatic rings. The lowest BCUT2D eigenvalue weighted by molar-refractivity contribution is 0.289. The number of aliphatic hydroxyl groups is 1. The van der Waals surface area contributed by atoms with Crippen molar-refractivity contribution in [3.8, 4) is 0 Å². The third-order valence-electron chi connectivity index (χ3n) is 2.06. The molecule has 2 atom stereocenters. The molecule has 0 aliphatic rings. The van der Waals surface area contributed by atoms with E-state index in [0.717, 1.165) is 6.42 Å². The van der Waals surface area contributed by atoms with E-state index in [-0.39, 0.29) is 6.61 Å². The summed E-state index contributed by atoms with van der Waals surface area (Å²) < 4.78 is 0. The molecule has 0 radical (unpaired) electrons. The summed E-state index contributed by atoms with van der Waals surface area (Å²) in [6, 6.07) is 2.13. The van der Waals surface area contributed by atoms with Crippen LogP contribution in [-0.4, -0.2) is 23.5 Å². The molecule has 0 saturated heterocycles. The van der Waals surface area contributed by atoms with Gasteiger partial charge in [0.1, 0.15) is 0 Å². The van der Waals surface area contributed by atoms with Gasteiger partial charge in [0.2, 0.25) is 0 Å². The van der Waals surface area contributed by atoms with E-state index in [1.807, 2.05) is 11.8 Å². The molecule has 0 amide bonds. The Morgan fingerprint density at radius 2 is 2.43 bits per heavy atom. The van der Waals surface area contributed by atoms with Crippen LogP contribution in [0.25, 0.3) is 0 Å². The monoisotopic (exact) mass is 231 g/mol. The number of hydrogen-bond acceptors (Lipinski definition) is 4. The minimum Gasteiger partial charge on any atom is -0.396 e. The van der Waals surface area contributed by atoms with Gasteiger partial charge in [-0.25, -0.2) is 0 Å². The molecular weight excluding hydrogens is 214 g/mol. The van der Waals surface area contributed by atoms with Crippen molar-refractivity contribution in [1.29, 1.82) is 0 Å². The van der Waals surface area contributed by atoms with E-state index in [1.54, 1.807) is 11.3 Å². The first-order chi connectivity index (χ1) is 6.77. The molecule has 2 nitrogen and oxygen atoms in total. The lowest BCUT2D eigenvalue weighted by atomic mass is 10.2. The van der Waals surface area contributed by atoms with Crippen molar-refractivity contribution < 1.29 is 5.11 Å². The molecule has 3 N–H and O–H groups in total. The number of aliphatic hydroxyl groups excluding tert-OH is 1. The second kappa shape index (κ2) is 6.45. The molecule has 0 fully saturated rings. The standard InChI is InChI=1S/C10H17NOS2/c1-8(2-4-12)14-10(6-11)9-3-5-13-7-9/h3,5,7-8,10,12H,2,4,6,11H2,1H3. The van der Waals surface area contributed by atoms with E-state index < -0.39 is 0 Å². The van der Waals surface area contributed by atoms with Gasteiger partial charge in [-0.15, -0.1) is 11.8 Å². The minimum atomic E-state index is 0.259. The van der Waals surface area contributed by atoms with E-state index in [4.69, 9.17) is 10.8 Å². The van der Waals surface area contributed by atoms with Crippen LogP contribution in [0.3, 0.4) is 0 Å². The largest absolute Gasteiger partial charge is 0.396 e. The molecule has 1 rings (SSSR count). The maximum Gasteiger partial charge on any atom is 0.0441 e. The average Bonchev–Trinajstić information content (AvgIpc) is 2.67. The fourth-order valence-corrected chi connectivity index (χ4v) is 3.28. The van der Waals surface area contributed by atoms with Crippen molar-refractivity contribution in [2.45, 2.75) is 23.8 Å².